The van der Waals surface area contributed by atoms with E-state index in [9.17, 15) is 4.79 Å². The molecule has 0 bridgehead atoms. The van der Waals surface area contributed by atoms with Crippen LogP contribution in [0.2, 0.25) is 0 Å². The fourth-order valence-corrected chi connectivity index (χ4v) is 6.79. The molecule has 2 saturated heterocycles. The third kappa shape index (κ3) is 4.46. The fraction of sp³-hybridized carbons (Fsp3) is 0.484. The van der Waals surface area contributed by atoms with E-state index in [2.05, 4.69) is 61.1 Å². The van der Waals surface area contributed by atoms with Crippen molar-refractivity contribution < 1.29 is 4.79 Å². The van der Waals surface area contributed by atoms with Crippen molar-refractivity contribution in [2.75, 3.05) is 26.2 Å². The summed E-state index contributed by atoms with van der Waals surface area (Å²) < 4.78 is 0. The maximum absolute atomic E-state index is 12.9. The number of likely N-dealkylation sites (tertiary alicyclic amines) is 2. The molecule has 4 heterocycles. The van der Waals surface area contributed by atoms with Crippen LogP contribution in [0.5, 0.6) is 0 Å². The molecule has 6 heteroatoms. The lowest BCUT2D eigenvalue weighted by atomic mass is 9.71. The number of aryl methyl sites for hydroxylation is 2. The van der Waals surface area contributed by atoms with Gasteiger partial charge in [0, 0.05) is 55.4 Å². The Hall–Kier alpha value is -3.12. The monoisotopic (exact) mass is 493 g/mol. The Bertz CT molecular complexity index is 1320. The van der Waals surface area contributed by atoms with Crippen molar-refractivity contribution in [1.29, 1.82) is 0 Å². The molecule has 0 radical (unpaired) electrons. The Morgan fingerprint density at radius 3 is 2.57 bits per heavy atom. The molecule has 1 spiro atoms. The van der Waals surface area contributed by atoms with Crippen molar-refractivity contribution in [3.8, 4) is 11.3 Å². The molecule has 3 fully saturated rings. The van der Waals surface area contributed by atoms with Gasteiger partial charge in [0.05, 0.1) is 12.1 Å². The van der Waals surface area contributed by atoms with Gasteiger partial charge in [-0.25, -0.2) is 9.97 Å². The van der Waals surface area contributed by atoms with E-state index < -0.39 is 0 Å². The van der Waals surface area contributed by atoms with Crippen LogP contribution in [0, 0.1) is 12.3 Å². The molecular formula is C31H35N5O. The van der Waals surface area contributed by atoms with Crippen LogP contribution in [0.4, 0.5) is 0 Å². The first-order valence-corrected chi connectivity index (χ1v) is 13.9. The average Bonchev–Trinajstić information content (AvgIpc) is 3.67. The molecular weight excluding hydrogens is 458 g/mol. The summed E-state index contributed by atoms with van der Waals surface area (Å²) in [6.07, 6.45) is 11.2. The van der Waals surface area contributed by atoms with Crippen molar-refractivity contribution in [3.63, 3.8) is 0 Å². The van der Waals surface area contributed by atoms with Gasteiger partial charge in [0.25, 0.3) is 0 Å². The highest BCUT2D eigenvalue weighted by molar-refractivity contribution is 5.78. The van der Waals surface area contributed by atoms with Crippen LogP contribution in [-0.4, -0.2) is 56.8 Å². The summed E-state index contributed by atoms with van der Waals surface area (Å²) >= 11 is 0. The van der Waals surface area contributed by atoms with Gasteiger partial charge in [0.2, 0.25) is 5.91 Å². The number of carbonyl (C=O) groups is 1. The molecule has 1 amide bonds. The number of rotatable bonds is 5. The van der Waals surface area contributed by atoms with Crippen molar-refractivity contribution in [2.45, 2.75) is 63.8 Å². The van der Waals surface area contributed by atoms with Gasteiger partial charge in [0.1, 0.15) is 6.33 Å². The molecule has 1 aromatic carbocycles. The molecule has 1 atom stereocenters. The van der Waals surface area contributed by atoms with Gasteiger partial charge in [0.15, 0.2) is 0 Å². The average molecular weight is 494 g/mol. The topological polar surface area (TPSA) is 62.2 Å². The van der Waals surface area contributed by atoms with E-state index >= 15 is 0 Å². The van der Waals surface area contributed by atoms with Gasteiger partial charge in [-0.1, -0.05) is 18.2 Å². The van der Waals surface area contributed by atoms with Crippen molar-refractivity contribution in [3.05, 3.63) is 77.0 Å². The molecule has 1 saturated carbocycles. The lowest BCUT2D eigenvalue weighted by Crippen LogP contribution is -2.61. The van der Waals surface area contributed by atoms with Crippen LogP contribution in [0.1, 0.15) is 72.1 Å². The third-order valence-electron chi connectivity index (χ3n) is 9.21. The maximum atomic E-state index is 12.9. The van der Waals surface area contributed by atoms with E-state index in [1.807, 2.05) is 13.1 Å². The summed E-state index contributed by atoms with van der Waals surface area (Å²) in [4.78, 5) is 31.0. The van der Waals surface area contributed by atoms with E-state index in [1.165, 1.54) is 41.5 Å². The first-order valence-electron chi connectivity index (χ1n) is 13.9. The van der Waals surface area contributed by atoms with Crippen molar-refractivity contribution >= 4 is 5.91 Å². The van der Waals surface area contributed by atoms with Crippen molar-refractivity contribution in [2.24, 2.45) is 5.41 Å². The normalized spacial score (nSPS) is 22.6. The molecule has 2 aliphatic carbocycles. The summed E-state index contributed by atoms with van der Waals surface area (Å²) in [7, 11) is 0. The maximum Gasteiger partial charge on any atom is 0.228 e. The number of amides is 1. The zero-order valence-electron chi connectivity index (χ0n) is 21.7. The molecule has 190 valence electrons. The SMILES string of the molecule is Cc1cc(-c2ccc3c(c2)CCC3N2CC3(CCN(C(=O)Cc4ccc(C5CC5)cn4)CC3)C2)ncn1. The second kappa shape index (κ2) is 9.02. The quantitative estimate of drug-likeness (QED) is 0.507. The summed E-state index contributed by atoms with van der Waals surface area (Å²) in [5, 5.41) is 0. The molecule has 6 nitrogen and oxygen atoms in total. The van der Waals surface area contributed by atoms with Gasteiger partial charge in [-0.3, -0.25) is 14.7 Å². The van der Waals surface area contributed by atoms with Crippen LogP contribution >= 0.6 is 0 Å². The Kier molecular flexibility index (Phi) is 5.61. The van der Waals surface area contributed by atoms with Gasteiger partial charge in [-0.2, -0.15) is 0 Å². The Morgan fingerprint density at radius 1 is 1.00 bits per heavy atom. The van der Waals surface area contributed by atoms with E-state index in [0.717, 1.165) is 62.5 Å². The summed E-state index contributed by atoms with van der Waals surface area (Å²) in [5.41, 5.74) is 8.80. The molecule has 4 aliphatic rings. The molecule has 7 rings (SSSR count). The Labute approximate surface area is 219 Å². The molecule has 2 aliphatic heterocycles. The van der Waals surface area contributed by atoms with Crippen LogP contribution in [0.15, 0.2) is 48.9 Å². The minimum absolute atomic E-state index is 0.233. The Balaban J connectivity index is 0.935. The molecule has 2 aromatic heterocycles. The number of hydrogen-bond donors (Lipinski definition) is 0. The van der Waals surface area contributed by atoms with Crippen LogP contribution in [-0.2, 0) is 17.6 Å². The number of aromatic nitrogens is 3. The van der Waals surface area contributed by atoms with Gasteiger partial charge in [-0.15, -0.1) is 0 Å². The molecule has 0 N–H and O–H groups in total. The smallest absolute Gasteiger partial charge is 0.228 e. The lowest BCUT2D eigenvalue weighted by molar-refractivity contribution is -0.136. The number of pyridine rings is 1. The van der Waals surface area contributed by atoms with Crippen LogP contribution < -0.4 is 0 Å². The highest BCUT2D eigenvalue weighted by atomic mass is 16.2. The molecule has 3 aromatic rings. The van der Waals surface area contributed by atoms with Gasteiger partial charge in [-0.05, 0) is 91.7 Å². The standard InChI is InChI=1S/C31H35N5O/c1-21-14-28(34-20-33-21)24-5-8-27-23(15-24)6-9-29(27)36-18-31(19-36)10-12-35(13-11-31)30(37)16-26-7-4-25(17-32-26)22-2-3-22/h4-5,7-8,14-15,17,20,22,29H,2-3,6,9-13,16,18-19H2,1H3. The fourth-order valence-electron chi connectivity index (χ4n) is 6.79. The number of nitrogens with zero attached hydrogens (tertiary/aromatic N) is 5. The number of carbonyl (C=O) groups excluding carboxylic acids is 1. The van der Waals surface area contributed by atoms with E-state index in [4.69, 9.17) is 0 Å². The third-order valence-corrected chi connectivity index (χ3v) is 9.21. The second-order valence-corrected chi connectivity index (χ2v) is 11.8. The summed E-state index contributed by atoms with van der Waals surface area (Å²) in [6, 6.07) is 13.7. The number of benzene rings is 1. The van der Waals surface area contributed by atoms with Gasteiger partial charge < -0.3 is 4.90 Å². The second-order valence-electron chi connectivity index (χ2n) is 11.8. The number of piperidine rings is 1. The highest BCUT2D eigenvalue weighted by Gasteiger charge is 2.48. The first-order chi connectivity index (χ1) is 18.1. The predicted octanol–water partition coefficient (Wildman–Crippen LogP) is 4.88. The molecule has 37 heavy (non-hydrogen) atoms. The highest BCUT2D eigenvalue weighted by Crippen LogP contribution is 2.48. The first kappa shape index (κ1) is 23.0. The summed E-state index contributed by atoms with van der Waals surface area (Å²) in [5.74, 6) is 0.943. The van der Waals surface area contributed by atoms with E-state index in [-0.39, 0.29) is 5.91 Å². The van der Waals surface area contributed by atoms with E-state index in [0.29, 0.717) is 23.8 Å². The zero-order valence-corrected chi connectivity index (χ0v) is 21.7. The minimum Gasteiger partial charge on any atom is -0.342 e. The van der Waals surface area contributed by atoms with Crippen molar-refractivity contribution in [1.82, 2.24) is 24.8 Å². The number of hydrogen-bond acceptors (Lipinski definition) is 5. The van der Waals surface area contributed by atoms with Crippen LogP contribution in [0.3, 0.4) is 0 Å². The molecule has 1 unspecified atom stereocenters. The Morgan fingerprint density at radius 2 is 1.84 bits per heavy atom. The largest absolute Gasteiger partial charge is 0.342 e. The summed E-state index contributed by atoms with van der Waals surface area (Å²) in [6.45, 7) is 6.11. The van der Waals surface area contributed by atoms with Crippen LogP contribution in [0.25, 0.3) is 11.3 Å². The van der Waals surface area contributed by atoms with Gasteiger partial charge >= 0.3 is 0 Å². The van der Waals surface area contributed by atoms with E-state index in [1.54, 1.807) is 6.33 Å². The minimum atomic E-state index is 0.233. The zero-order chi connectivity index (χ0) is 25.0. The number of fused-ring (bicyclic) bond motifs is 1. The predicted molar refractivity (Wildman–Crippen MR) is 143 cm³/mol. The lowest BCUT2D eigenvalue weighted by Gasteiger charge is -2.56.